The quantitative estimate of drug-likeness (QED) is 0.676. The van der Waals surface area contributed by atoms with Gasteiger partial charge in [0.25, 0.3) is 0 Å². The normalized spacial score (nSPS) is 11.1. The van der Waals surface area contributed by atoms with Gasteiger partial charge in [-0.2, -0.15) is 0 Å². The first-order valence-electron chi connectivity index (χ1n) is 3.99. The zero-order valence-electron chi connectivity index (χ0n) is 7.68. The van der Waals surface area contributed by atoms with E-state index in [-0.39, 0.29) is 0 Å². The summed E-state index contributed by atoms with van der Waals surface area (Å²) in [5, 5.41) is 1.16. The first-order chi connectivity index (χ1) is 6.09. The lowest BCUT2D eigenvalue weighted by Gasteiger charge is -1.96. The van der Waals surface area contributed by atoms with E-state index in [9.17, 15) is 0 Å². The number of aromatic nitrogens is 2. The minimum atomic E-state index is 0.820. The van der Waals surface area contributed by atoms with Crippen molar-refractivity contribution in [2.75, 3.05) is 0 Å². The van der Waals surface area contributed by atoms with Gasteiger partial charge in [0.15, 0.2) is 0 Å². The molecule has 4 heteroatoms. The van der Waals surface area contributed by atoms with Crippen LogP contribution in [0.5, 0.6) is 0 Å². The summed E-state index contributed by atoms with van der Waals surface area (Å²) in [6, 6.07) is 0. The van der Waals surface area contributed by atoms with Crippen LogP contribution in [0.25, 0.3) is 10.2 Å². The van der Waals surface area contributed by atoms with Crippen molar-refractivity contribution >= 4 is 37.5 Å². The van der Waals surface area contributed by atoms with Gasteiger partial charge in [-0.05, 0) is 42.3 Å². The first-order valence-corrected chi connectivity index (χ1v) is 5.60. The Balaban J connectivity index is 2.94. The standard InChI is InChI=1S/C9H9BrN2S/c1-4-5(2)13-9-7(4)8(10)11-6(3)12-9/h1-3H3. The number of rotatable bonds is 0. The fourth-order valence-electron chi connectivity index (χ4n) is 1.30. The zero-order valence-corrected chi connectivity index (χ0v) is 10.1. The van der Waals surface area contributed by atoms with Gasteiger partial charge >= 0.3 is 0 Å². The van der Waals surface area contributed by atoms with Gasteiger partial charge in [0, 0.05) is 10.3 Å². The van der Waals surface area contributed by atoms with Gasteiger partial charge in [0.05, 0.1) is 0 Å². The number of aryl methyl sites for hydroxylation is 3. The van der Waals surface area contributed by atoms with Crippen LogP contribution in [-0.4, -0.2) is 9.97 Å². The summed E-state index contributed by atoms with van der Waals surface area (Å²) in [7, 11) is 0. The second-order valence-corrected chi connectivity index (χ2v) is 4.98. The molecule has 2 rings (SSSR count). The van der Waals surface area contributed by atoms with Crippen LogP contribution < -0.4 is 0 Å². The van der Waals surface area contributed by atoms with Crippen LogP contribution >= 0.6 is 27.3 Å². The third-order valence-electron chi connectivity index (χ3n) is 2.10. The van der Waals surface area contributed by atoms with E-state index in [2.05, 4.69) is 39.7 Å². The number of fused-ring (bicyclic) bond motifs is 1. The van der Waals surface area contributed by atoms with Crippen molar-refractivity contribution in [1.82, 2.24) is 9.97 Å². The fraction of sp³-hybridized carbons (Fsp3) is 0.333. The molecule has 0 saturated carbocycles. The Morgan fingerprint density at radius 1 is 1.15 bits per heavy atom. The summed E-state index contributed by atoms with van der Waals surface area (Å²) in [5.74, 6) is 0.820. The molecule has 2 aromatic heterocycles. The van der Waals surface area contributed by atoms with Crippen LogP contribution in [0.3, 0.4) is 0 Å². The third-order valence-corrected chi connectivity index (χ3v) is 3.77. The van der Waals surface area contributed by atoms with E-state index >= 15 is 0 Å². The lowest BCUT2D eigenvalue weighted by molar-refractivity contribution is 1.08. The molecule has 0 spiro atoms. The fourth-order valence-corrected chi connectivity index (χ4v) is 3.25. The molecule has 0 fully saturated rings. The van der Waals surface area contributed by atoms with Crippen LogP contribution in [0.1, 0.15) is 16.3 Å². The molecule has 0 aliphatic rings. The minimum Gasteiger partial charge on any atom is -0.226 e. The molecule has 0 bridgehead atoms. The van der Waals surface area contributed by atoms with Crippen molar-refractivity contribution in [3.05, 3.63) is 20.9 Å². The highest BCUT2D eigenvalue weighted by Crippen LogP contribution is 2.32. The summed E-state index contributed by atoms with van der Waals surface area (Å²) in [6.07, 6.45) is 0. The van der Waals surface area contributed by atoms with Crippen molar-refractivity contribution in [3.8, 4) is 0 Å². The van der Waals surface area contributed by atoms with Crippen molar-refractivity contribution in [1.29, 1.82) is 0 Å². The van der Waals surface area contributed by atoms with Crippen LogP contribution in [0.2, 0.25) is 0 Å². The SMILES string of the molecule is Cc1nc(Br)c2c(C)c(C)sc2n1. The lowest BCUT2D eigenvalue weighted by atomic mass is 10.2. The second-order valence-electron chi connectivity index (χ2n) is 3.03. The Bertz CT molecular complexity index is 476. The van der Waals surface area contributed by atoms with Gasteiger partial charge in [0.1, 0.15) is 15.3 Å². The molecule has 2 nitrogen and oxygen atoms in total. The van der Waals surface area contributed by atoms with E-state index in [4.69, 9.17) is 0 Å². The number of nitrogens with zero attached hydrogens (tertiary/aromatic N) is 2. The van der Waals surface area contributed by atoms with Gasteiger partial charge < -0.3 is 0 Å². The highest BCUT2D eigenvalue weighted by Gasteiger charge is 2.10. The molecule has 68 valence electrons. The van der Waals surface area contributed by atoms with E-state index in [0.29, 0.717) is 0 Å². The molecule has 0 saturated heterocycles. The summed E-state index contributed by atoms with van der Waals surface area (Å²) in [4.78, 5) is 11.1. The number of halogens is 1. The maximum atomic E-state index is 4.40. The molecule has 0 aliphatic heterocycles. The monoisotopic (exact) mass is 256 g/mol. The van der Waals surface area contributed by atoms with Crippen LogP contribution in [0, 0.1) is 20.8 Å². The maximum Gasteiger partial charge on any atom is 0.128 e. The molecular formula is C9H9BrN2S. The van der Waals surface area contributed by atoms with Gasteiger partial charge in [-0.25, -0.2) is 9.97 Å². The molecule has 0 amide bonds. The predicted molar refractivity (Wildman–Crippen MR) is 59.3 cm³/mol. The predicted octanol–water partition coefficient (Wildman–Crippen LogP) is 3.38. The third kappa shape index (κ3) is 1.38. The highest BCUT2D eigenvalue weighted by molar-refractivity contribution is 9.10. The molecule has 0 radical (unpaired) electrons. The number of hydrogen-bond donors (Lipinski definition) is 0. The summed E-state index contributed by atoms with van der Waals surface area (Å²) < 4.78 is 0.914. The Morgan fingerprint density at radius 2 is 1.85 bits per heavy atom. The molecule has 2 aromatic rings. The Labute approximate surface area is 89.2 Å². The van der Waals surface area contributed by atoms with E-state index in [1.54, 1.807) is 11.3 Å². The summed E-state index contributed by atoms with van der Waals surface area (Å²) in [5.41, 5.74) is 1.28. The van der Waals surface area contributed by atoms with Gasteiger partial charge in [-0.3, -0.25) is 0 Å². The van der Waals surface area contributed by atoms with E-state index in [0.717, 1.165) is 20.6 Å². The van der Waals surface area contributed by atoms with Crippen molar-refractivity contribution < 1.29 is 0 Å². The molecule has 13 heavy (non-hydrogen) atoms. The lowest BCUT2D eigenvalue weighted by Crippen LogP contribution is -1.87. The first kappa shape index (κ1) is 9.09. The second kappa shape index (κ2) is 3.03. The molecule has 2 heterocycles. The highest BCUT2D eigenvalue weighted by atomic mass is 79.9. The van der Waals surface area contributed by atoms with Gasteiger partial charge in [-0.15, -0.1) is 11.3 Å². The zero-order chi connectivity index (χ0) is 9.59. The van der Waals surface area contributed by atoms with Crippen molar-refractivity contribution in [3.63, 3.8) is 0 Å². The summed E-state index contributed by atoms with van der Waals surface area (Å²) >= 11 is 5.19. The Morgan fingerprint density at radius 3 is 2.54 bits per heavy atom. The molecule has 0 atom stereocenters. The van der Waals surface area contributed by atoms with Crippen LogP contribution in [-0.2, 0) is 0 Å². The molecule has 0 aliphatic carbocycles. The molecule has 0 N–H and O–H groups in total. The summed E-state index contributed by atoms with van der Waals surface area (Å²) in [6.45, 7) is 6.13. The van der Waals surface area contributed by atoms with Crippen molar-refractivity contribution in [2.45, 2.75) is 20.8 Å². The van der Waals surface area contributed by atoms with Crippen molar-refractivity contribution in [2.24, 2.45) is 0 Å². The van der Waals surface area contributed by atoms with E-state index in [1.807, 2.05) is 6.92 Å². The smallest absolute Gasteiger partial charge is 0.128 e. The van der Waals surface area contributed by atoms with E-state index in [1.165, 1.54) is 10.4 Å². The minimum absolute atomic E-state index is 0.820. The number of hydrogen-bond acceptors (Lipinski definition) is 3. The molecular weight excluding hydrogens is 248 g/mol. The van der Waals surface area contributed by atoms with Crippen LogP contribution in [0.15, 0.2) is 4.60 Å². The Kier molecular flexibility index (Phi) is 2.12. The van der Waals surface area contributed by atoms with E-state index < -0.39 is 0 Å². The topological polar surface area (TPSA) is 25.8 Å². The van der Waals surface area contributed by atoms with Crippen LogP contribution in [0.4, 0.5) is 0 Å². The number of thiophene rings is 1. The molecule has 0 unspecified atom stereocenters. The average molecular weight is 257 g/mol. The van der Waals surface area contributed by atoms with Gasteiger partial charge in [0.2, 0.25) is 0 Å². The van der Waals surface area contributed by atoms with Gasteiger partial charge in [-0.1, -0.05) is 0 Å². The largest absolute Gasteiger partial charge is 0.226 e. The molecule has 0 aromatic carbocycles. The maximum absolute atomic E-state index is 4.40. The Hall–Kier alpha value is -0.480. The average Bonchev–Trinajstić information content (AvgIpc) is 2.27.